The molecule has 1 atom stereocenters. The highest BCUT2D eigenvalue weighted by Gasteiger charge is 2.08. The number of hydrogen-bond donors (Lipinski definition) is 1. The van der Waals surface area contributed by atoms with Crippen molar-refractivity contribution in [2.45, 2.75) is 57.9 Å². The normalized spacial score (nSPS) is 12.3. The first-order chi connectivity index (χ1) is 9.76. The molecule has 20 heavy (non-hydrogen) atoms. The Morgan fingerprint density at radius 2 is 1.95 bits per heavy atom. The fourth-order valence-corrected chi connectivity index (χ4v) is 2.39. The molecule has 1 aromatic rings. The minimum Gasteiger partial charge on any atom is -0.314 e. The molecular weight excluding hydrogens is 249 g/mol. The van der Waals surface area contributed by atoms with Crippen molar-refractivity contribution in [3.63, 3.8) is 0 Å². The van der Waals surface area contributed by atoms with Crippen LogP contribution in [0, 0.1) is 5.82 Å². The van der Waals surface area contributed by atoms with E-state index in [2.05, 4.69) is 18.8 Å². The van der Waals surface area contributed by atoms with Gasteiger partial charge in [0.2, 0.25) is 0 Å². The molecule has 0 bridgehead atoms. The Balaban J connectivity index is 2.38. The topological polar surface area (TPSA) is 12.0 Å². The minimum atomic E-state index is -0.156. The Morgan fingerprint density at radius 1 is 1.20 bits per heavy atom. The number of benzene rings is 1. The second kappa shape index (κ2) is 10.6. The third-order valence-electron chi connectivity index (χ3n) is 3.54. The predicted octanol–water partition coefficient (Wildman–Crippen LogP) is 4.87. The lowest BCUT2D eigenvalue weighted by atomic mass is 9.99. The van der Waals surface area contributed by atoms with Gasteiger partial charge in [0, 0.05) is 6.04 Å². The molecule has 1 N–H and O–H groups in total. The lowest BCUT2D eigenvalue weighted by Gasteiger charge is -2.18. The lowest BCUT2D eigenvalue weighted by molar-refractivity contribution is 0.454. The Morgan fingerprint density at radius 3 is 2.60 bits per heavy atom. The molecule has 0 amide bonds. The van der Waals surface area contributed by atoms with Crippen LogP contribution in [-0.2, 0) is 6.42 Å². The maximum absolute atomic E-state index is 12.9. The molecule has 0 aliphatic carbocycles. The second-order valence-electron chi connectivity index (χ2n) is 5.41. The minimum absolute atomic E-state index is 0.156. The zero-order valence-electron chi connectivity index (χ0n) is 12.7. The summed E-state index contributed by atoms with van der Waals surface area (Å²) >= 11 is 0. The molecule has 0 radical (unpaired) electrons. The summed E-state index contributed by atoms with van der Waals surface area (Å²) in [5, 5.41) is 3.61. The molecule has 1 rings (SSSR count). The first-order valence-electron chi connectivity index (χ1n) is 7.85. The van der Waals surface area contributed by atoms with Gasteiger partial charge in [-0.25, -0.2) is 4.39 Å². The zero-order chi connectivity index (χ0) is 14.6. The van der Waals surface area contributed by atoms with Gasteiger partial charge < -0.3 is 5.32 Å². The van der Waals surface area contributed by atoms with Gasteiger partial charge in [0.05, 0.1) is 0 Å². The van der Waals surface area contributed by atoms with Gasteiger partial charge in [0.15, 0.2) is 0 Å². The van der Waals surface area contributed by atoms with Crippen LogP contribution >= 0.6 is 0 Å². The average molecular weight is 277 g/mol. The number of hydrogen-bond acceptors (Lipinski definition) is 1. The molecule has 0 saturated carbocycles. The zero-order valence-corrected chi connectivity index (χ0v) is 12.7. The Hall–Kier alpha value is -1.15. The Bertz CT molecular complexity index is 358. The van der Waals surface area contributed by atoms with E-state index in [0.29, 0.717) is 6.04 Å². The van der Waals surface area contributed by atoms with E-state index in [1.165, 1.54) is 31.2 Å². The van der Waals surface area contributed by atoms with Gasteiger partial charge in [-0.2, -0.15) is 0 Å². The molecule has 0 aliphatic heterocycles. The summed E-state index contributed by atoms with van der Waals surface area (Å²) in [5.74, 6) is -0.156. The van der Waals surface area contributed by atoms with Crippen LogP contribution in [0.3, 0.4) is 0 Å². The van der Waals surface area contributed by atoms with Crippen LogP contribution in [0.5, 0.6) is 0 Å². The van der Waals surface area contributed by atoms with Crippen molar-refractivity contribution in [1.82, 2.24) is 5.32 Å². The Kier molecular flexibility index (Phi) is 8.97. The summed E-state index contributed by atoms with van der Waals surface area (Å²) in [6, 6.07) is 7.40. The summed E-state index contributed by atoms with van der Waals surface area (Å²) in [7, 11) is 0. The van der Waals surface area contributed by atoms with Crippen LogP contribution in [0.4, 0.5) is 4.39 Å². The highest BCUT2D eigenvalue weighted by Crippen LogP contribution is 2.12. The van der Waals surface area contributed by atoms with E-state index in [9.17, 15) is 4.39 Å². The van der Waals surface area contributed by atoms with E-state index in [4.69, 9.17) is 0 Å². The molecule has 0 fully saturated rings. The first-order valence-corrected chi connectivity index (χ1v) is 7.85. The van der Waals surface area contributed by atoms with Crippen molar-refractivity contribution in [2.24, 2.45) is 0 Å². The van der Waals surface area contributed by atoms with E-state index < -0.39 is 0 Å². The predicted molar refractivity (Wildman–Crippen MR) is 85.5 cm³/mol. The van der Waals surface area contributed by atoms with E-state index in [1.54, 1.807) is 12.1 Å². The van der Waals surface area contributed by atoms with E-state index >= 15 is 0 Å². The third-order valence-corrected chi connectivity index (χ3v) is 3.54. The number of allylic oxidation sites excluding steroid dienone is 1. The number of halogens is 1. The first kappa shape index (κ1) is 16.9. The Labute approximate surface area is 123 Å². The number of unbranched alkanes of at least 4 members (excludes halogenated alkanes) is 3. The molecule has 1 aromatic carbocycles. The fraction of sp³-hybridized carbons (Fsp3) is 0.556. The highest BCUT2D eigenvalue weighted by molar-refractivity contribution is 5.17. The van der Waals surface area contributed by atoms with E-state index in [0.717, 1.165) is 25.8 Å². The molecule has 0 aromatic heterocycles. The molecule has 0 spiro atoms. The van der Waals surface area contributed by atoms with Crippen molar-refractivity contribution in [3.8, 4) is 0 Å². The van der Waals surface area contributed by atoms with Crippen LogP contribution in [0.1, 0.15) is 51.0 Å². The molecule has 0 heterocycles. The van der Waals surface area contributed by atoms with Crippen LogP contribution in [-0.4, -0.2) is 12.6 Å². The number of nitrogens with one attached hydrogen (secondary N) is 1. The van der Waals surface area contributed by atoms with Crippen LogP contribution < -0.4 is 5.32 Å². The van der Waals surface area contributed by atoms with Crippen LogP contribution in [0.2, 0.25) is 0 Å². The largest absolute Gasteiger partial charge is 0.314 e. The van der Waals surface area contributed by atoms with Crippen LogP contribution in [0.15, 0.2) is 36.9 Å². The summed E-state index contributed by atoms with van der Waals surface area (Å²) in [6.07, 6.45) is 10.2. The SMILES string of the molecule is C=CCCCCCC(Cc1ccc(F)cc1)NCCC. The lowest BCUT2D eigenvalue weighted by Crippen LogP contribution is -2.31. The molecule has 1 nitrogen and oxygen atoms in total. The molecule has 1 unspecified atom stereocenters. The van der Waals surface area contributed by atoms with Gasteiger partial charge in [-0.15, -0.1) is 6.58 Å². The molecule has 112 valence electrons. The summed E-state index contributed by atoms with van der Waals surface area (Å²) in [5.41, 5.74) is 1.21. The van der Waals surface area contributed by atoms with Gasteiger partial charge in [-0.05, 0) is 56.3 Å². The molecule has 2 heteroatoms. The van der Waals surface area contributed by atoms with Gasteiger partial charge in [-0.3, -0.25) is 0 Å². The van der Waals surface area contributed by atoms with E-state index in [-0.39, 0.29) is 5.82 Å². The summed E-state index contributed by atoms with van der Waals surface area (Å²) in [4.78, 5) is 0. The van der Waals surface area contributed by atoms with Crippen LogP contribution in [0.25, 0.3) is 0 Å². The number of rotatable bonds is 11. The second-order valence-corrected chi connectivity index (χ2v) is 5.41. The monoisotopic (exact) mass is 277 g/mol. The van der Waals surface area contributed by atoms with Gasteiger partial charge in [-0.1, -0.05) is 38.0 Å². The molecular formula is C18H28FN. The molecule has 0 saturated heterocycles. The van der Waals surface area contributed by atoms with Crippen molar-refractivity contribution >= 4 is 0 Å². The summed E-state index contributed by atoms with van der Waals surface area (Å²) < 4.78 is 12.9. The third kappa shape index (κ3) is 7.44. The maximum atomic E-state index is 12.9. The van der Waals surface area contributed by atoms with E-state index in [1.807, 2.05) is 18.2 Å². The highest BCUT2D eigenvalue weighted by atomic mass is 19.1. The quantitative estimate of drug-likeness (QED) is 0.449. The van der Waals surface area contributed by atoms with Crippen molar-refractivity contribution in [3.05, 3.63) is 48.3 Å². The molecule has 0 aliphatic rings. The van der Waals surface area contributed by atoms with Crippen molar-refractivity contribution in [2.75, 3.05) is 6.54 Å². The fourth-order valence-electron chi connectivity index (χ4n) is 2.39. The van der Waals surface area contributed by atoms with Gasteiger partial charge >= 0.3 is 0 Å². The van der Waals surface area contributed by atoms with Gasteiger partial charge in [0.1, 0.15) is 5.82 Å². The standard InChI is InChI=1S/C18H28FN/c1-3-5-6-7-8-9-18(20-14-4-2)15-16-10-12-17(19)13-11-16/h3,10-13,18,20H,1,4-9,14-15H2,2H3. The smallest absolute Gasteiger partial charge is 0.123 e. The van der Waals surface area contributed by atoms with Crippen molar-refractivity contribution in [1.29, 1.82) is 0 Å². The maximum Gasteiger partial charge on any atom is 0.123 e. The van der Waals surface area contributed by atoms with Crippen molar-refractivity contribution < 1.29 is 4.39 Å². The average Bonchev–Trinajstić information content (AvgIpc) is 2.46. The van der Waals surface area contributed by atoms with Gasteiger partial charge in [0.25, 0.3) is 0 Å². The summed E-state index contributed by atoms with van der Waals surface area (Å²) in [6.45, 7) is 6.99.